The summed E-state index contributed by atoms with van der Waals surface area (Å²) in [6.07, 6.45) is 0. The summed E-state index contributed by atoms with van der Waals surface area (Å²) in [7, 11) is 0. The summed E-state index contributed by atoms with van der Waals surface area (Å²) in [4.78, 5) is 4.55. The van der Waals surface area contributed by atoms with Crippen LogP contribution in [0.1, 0.15) is 12.5 Å². The van der Waals surface area contributed by atoms with E-state index in [0.717, 1.165) is 5.56 Å². The van der Waals surface area contributed by atoms with Crippen molar-refractivity contribution in [1.29, 1.82) is 0 Å². The maximum Gasteiger partial charge on any atom is 0.115 e. The van der Waals surface area contributed by atoms with Crippen LogP contribution in [-0.2, 0) is 10.3 Å². The van der Waals surface area contributed by atoms with Gasteiger partial charge in [0.2, 0.25) is 0 Å². The molecule has 0 aliphatic rings. The van der Waals surface area contributed by atoms with Crippen molar-refractivity contribution in [2.45, 2.75) is 12.3 Å². The Bertz CT molecular complexity index is 303. The van der Waals surface area contributed by atoms with Crippen LogP contribution in [0, 0.1) is 0 Å². The SMILES string of the molecule is CC(CO)(CON)c1cccc(O)c1. The van der Waals surface area contributed by atoms with E-state index in [1.54, 1.807) is 18.2 Å². The molecule has 0 radical (unpaired) electrons. The third-order valence-corrected chi connectivity index (χ3v) is 2.29. The van der Waals surface area contributed by atoms with Crippen LogP contribution in [0.4, 0.5) is 0 Å². The molecule has 0 saturated heterocycles. The Balaban J connectivity index is 2.99. The highest BCUT2D eigenvalue weighted by Gasteiger charge is 2.26. The standard InChI is InChI=1S/C10H15NO3/c1-10(6-12,7-14-11)8-3-2-4-9(13)5-8/h2-5,12-13H,6-7,11H2,1H3. The molecule has 14 heavy (non-hydrogen) atoms. The monoisotopic (exact) mass is 197 g/mol. The van der Waals surface area contributed by atoms with Crippen molar-refractivity contribution in [2.24, 2.45) is 5.90 Å². The van der Waals surface area contributed by atoms with Gasteiger partial charge in [-0.05, 0) is 17.7 Å². The highest BCUT2D eigenvalue weighted by atomic mass is 16.6. The molecule has 0 heterocycles. The fourth-order valence-electron chi connectivity index (χ4n) is 1.29. The van der Waals surface area contributed by atoms with E-state index >= 15 is 0 Å². The minimum atomic E-state index is -0.576. The summed E-state index contributed by atoms with van der Waals surface area (Å²) in [5, 5.41) is 18.5. The number of phenols is 1. The predicted molar refractivity (Wildman–Crippen MR) is 52.7 cm³/mol. The van der Waals surface area contributed by atoms with Crippen LogP contribution < -0.4 is 5.90 Å². The molecule has 0 aliphatic heterocycles. The first-order valence-electron chi connectivity index (χ1n) is 4.34. The van der Waals surface area contributed by atoms with E-state index in [-0.39, 0.29) is 19.0 Å². The minimum absolute atomic E-state index is 0.0896. The van der Waals surface area contributed by atoms with E-state index in [0.29, 0.717) is 0 Å². The second kappa shape index (κ2) is 4.41. The highest BCUT2D eigenvalue weighted by Crippen LogP contribution is 2.25. The Hall–Kier alpha value is -1.10. The zero-order valence-corrected chi connectivity index (χ0v) is 8.10. The first-order valence-corrected chi connectivity index (χ1v) is 4.34. The maximum atomic E-state index is 9.29. The molecule has 0 saturated carbocycles. The molecule has 78 valence electrons. The predicted octanol–water partition coefficient (Wildman–Crippen LogP) is 0.532. The zero-order valence-electron chi connectivity index (χ0n) is 8.10. The lowest BCUT2D eigenvalue weighted by molar-refractivity contribution is 0.0594. The van der Waals surface area contributed by atoms with Gasteiger partial charge in [0, 0.05) is 5.41 Å². The second-order valence-electron chi connectivity index (χ2n) is 3.58. The van der Waals surface area contributed by atoms with Gasteiger partial charge in [-0.3, -0.25) is 0 Å². The fraction of sp³-hybridized carbons (Fsp3) is 0.400. The summed E-state index contributed by atoms with van der Waals surface area (Å²) < 4.78 is 0. The summed E-state index contributed by atoms with van der Waals surface area (Å²) in [6, 6.07) is 6.70. The average Bonchev–Trinajstić information content (AvgIpc) is 2.18. The number of benzene rings is 1. The number of phenolic OH excluding ortho intramolecular Hbond substituents is 1. The molecule has 1 rings (SSSR count). The Labute approximate surface area is 82.9 Å². The summed E-state index contributed by atoms with van der Waals surface area (Å²) in [5.41, 5.74) is 0.221. The van der Waals surface area contributed by atoms with Gasteiger partial charge in [0.05, 0.1) is 13.2 Å². The van der Waals surface area contributed by atoms with Gasteiger partial charge < -0.3 is 15.1 Å². The van der Waals surface area contributed by atoms with Gasteiger partial charge in [0.25, 0.3) is 0 Å². The molecule has 0 bridgehead atoms. The third kappa shape index (κ3) is 2.23. The molecule has 0 amide bonds. The normalized spacial score (nSPS) is 15.1. The smallest absolute Gasteiger partial charge is 0.115 e. The molecule has 0 fully saturated rings. The van der Waals surface area contributed by atoms with Crippen LogP contribution in [0.25, 0.3) is 0 Å². The molecule has 1 aromatic rings. The van der Waals surface area contributed by atoms with E-state index in [1.807, 2.05) is 13.0 Å². The van der Waals surface area contributed by atoms with Crippen molar-refractivity contribution in [2.75, 3.05) is 13.2 Å². The number of hydrogen-bond acceptors (Lipinski definition) is 4. The Morgan fingerprint density at radius 2 is 2.21 bits per heavy atom. The number of nitrogens with two attached hydrogens (primary N) is 1. The van der Waals surface area contributed by atoms with E-state index < -0.39 is 5.41 Å². The van der Waals surface area contributed by atoms with Gasteiger partial charge in [-0.1, -0.05) is 19.1 Å². The third-order valence-electron chi connectivity index (χ3n) is 2.29. The lowest BCUT2D eigenvalue weighted by Gasteiger charge is -2.26. The molecule has 4 heteroatoms. The van der Waals surface area contributed by atoms with E-state index in [1.165, 1.54) is 0 Å². The molecular weight excluding hydrogens is 182 g/mol. The fourth-order valence-corrected chi connectivity index (χ4v) is 1.29. The maximum absolute atomic E-state index is 9.29. The van der Waals surface area contributed by atoms with Crippen molar-refractivity contribution >= 4 is 0 Å². The molecule has 4 nitrogen and oxygen atoms in total. The lowest BCUT2D eigenvalue weighted by atomic mass is 9.84. The first kappa shape index (κ1) is 11.0. The van der Waals surface area contributed by atoms with E-state index in [9.17, 15) is 10.2 Å². The molecule has 1 atom stereocenters. The number of hydrogen-bond donors (Lipinski definition) is 3. The van der Waals surface area contributed by atoms with Crippen LogP contribution in [0.15, 0.2) is 24.3 Å². The first-order chi connectivity index (χ1) is 6.62. The molecule has 1 unspecified atom stereocenters. The van der Waals surface area contributed by atoms with Gasteiger partial charge >= 0.3 is 0 Å². The second-order valence-corrected chi connectivity index (χ2v) is 3.58. The van der Waals surface area contributed by atoms with Crippen molar-refractivity contribution in [3.8, 4) is 5.75 Å². The zero-order chi connectivity index (χ0) is 10.6. The summed E-state index contributed by atoms with van der Waals surface area (Å²) in [5.74, 6) is 5.16. The Kier molecular flexibility index (Phi) is 3.46. The minimum Gasteiger partial charge on any atom is -0.508 e. The number of aliphatic hydroxyl groups is 1. The van der Waals surface area contributed by atoms with Crippen LogP contribution >= 0.6 is 0 Å². The summed E-state index contributed by atoms with van der Waals surface area (Å²) >= 11 is 0. The quantitative estimate of drug-likeness (QED) is 0.615. The Morgan fingerprint density at radius 1 is 1.50 bits per heavy atom. The van der Waals surface area contributed by atoms with Gasteiger partial charge in [-0.15, -0.1) is 0 Å². The van der Waals surface area contributed by atoms with Crippen LogP contribution in [0.2, 0.25) is 0 Å². The largest absolute Gasteiger partial charge is 0.508 e. The van der Waals surface area contributed by atoms with Crippen molar-refractivity contribution in [3.63, 3.8) is 0 Å². The van der Waals surface area contributed by atoms with Crippen LogP contribution in [0.3, 0.4) is 0 Å². The van der Waals surface area contributed by atoms with Gasteiger partial charge in [0.15, 0.2) is 0 Å². The van der Waals surface area contributed by atoms with E-state index in [4.69, 9.17) is 5.90 Å². The average molecular weight is 197 g/mol. The highest BCUT2D eigenvalue weighted by molar-refractivity contribution is 5.32. The van der Waals surface area contributed by atoms with Gasteiger partial charge in [-0.25, -0.2) is 5.90 Å². The van der Waals surface area contributed by atoms with Gasteiger partial charge in [0.1, 0.15) is 5.75 Å². The van der Waals surface area contributed by atoms with Crippen LogP contribution in [-0.4, -0.2) is 23.4 Å². The van der Waals surface area contributed by atoms with Crippen molar-refractivity contribution in [1.82, 2.24) is 0 Å². The van der Waals surface area contributed by atoms with Crippen molar-refractivity contribution < 1.29 is 15.1 Å². The topological polar surface area (TPSA) is 75.7 Å². The molecule has 1 aromatic carbocycles. The number of rotatable bonds is 4. The number of aromatic hydroxyl groups is 1. The van der Waals surface area contributed by atoms with Gasteiger partial charge in [-0.2, -0.15) is 0 Å². The van der Waals surface area contributed by atoms with Crippen LogP contribution in [0.5, 0.6) is 5.75 Å². The van der Waals surface area contributed by atoms with E-state index in [2.05, 4.69) is 4.84 Å². The van der Waals surface area contributed by atoms with Crippen molar-refractivity contribution in [3.05, 3.63) is 29.8 Å². The summed E-state index contributed by atoms with van der Waals surface area (Å²) in [6.45, 7) is 1.93. The molecule has 0 aliphatic carbocycles. The molecule has 0 aromatic heterocycles. The molecular formula is C10H15NO3. The lowest BCUT2D eigenvalue weighted by Crippen LogP contribution is -2.33. The molecule has 4 N–H and O–H groups in total. The number of aliphatic hydroxyl groups excluding tert-OH is 1. The molecule has 0 spiro atoms. The Morgan fingerprint density at radius 3 is 2.71 bits per heavy atom.